The lowest BCUT2D eigenvalue weighted by Crippen LogP contribution is -2.37. The molecule has 0 saturated heterocycles. The van der Waals surface area contributed by atoms with Crippen LogP contribution in [0.1, 0.15) is 30.5 Å². The lowest BCUT2D eigenvalue weighted by molar-refractivity contribution is -0.120. The molecule has 2 rings (SSSR count). The molecule has 1 aromatic carbocycles. The average molecular weight is 190 g/mol. The second-order valence-corrected chi connectivity index (χ2v) is 3.62. The number of hydrazine groups is 1. The number of benzene rings is 1. The van der Waals surface area contributed by atoms with Crippen LogP contribution < -0.4 is 10.9 Å². The molecule has 0 heterocycles. The second kappa shape index (κ2) is 3.80. The van der Waals surface area contributed by atoms with Crippen LogP contribution in [0.5, 0.6) is 0 Å². The fourth-order valence-corrected chi connectivity index (χ4v) is 1.90. The molecule has 14 heavy (non-hydrogen) atoms. The molecule has 0 aliphatic heterocycles. The van der Waals surface area contributed by atoms with Gasteiger partial charge in [0, 0.05) is 6.92 Å². The van der Waals surface area contributed by atoms with Gasteiger partial charge in [0.05, 0.1) is 6.04 Å². The first kappa shape index (κ1) is 9.21. The Morgan fingerprint density at radius 2 is 2.21 bits per heavy atom. The number of hydrogen-bond acceptors (Lipinski definition) is 2. The largest absolute Gasteiger partial charge is 0.291 e. The number of hydrogen-bond donors (Lipinski definition) is 2. The van der Waals surface area contributed by atoms with Gasteiger partial charge >= 0.3 is 0 Å². The molecule has 1 amide bonds. The van der Waals surface area contributed by atoms with Gasteiger partial charge in [-0.05, 0) is 24.0 Å². The van der Waals surface area contributed by atoms with Crippen molar-refractivity contribution in [3.63, 3.8) is 0 Å². The Balaban J connectivity index is 2.07. The monoisotopic (exact) mass is 190 g/mol. The van der Waals surface area contributed by atoms with Crippen molar-refractivity contribution in [2.45, 2.75) is 25.8 Å². The van der Waals surface area contributed by atoms with Crippen molar-refractivity contribution >= 4 is 5.91 Å². The lowest BCUT2D eigenvalue weighted by Gasteiger charge is -2.13. The smallest absolute Gasteiger partial charge is 0.230 e. The van der Waals surface area contributed by atoms with Gasteiger partial charge in [-0.1, -0.05) is 24.3 Å². The van der Waals surface area contributed by atoms with E-state index in [2.05, 4.69) is 29.1 Å². The third-order valence-electron chi connectivity index (χ3n) is 2.56. The molecule has 3 nitrogen and oxygen atoms in total. The third kappa shape index (κ3) is 1.77. The van der Waals surface area contributed by atoms with Gasteiger partial charge in [-0.3, -0.25) is 10.2 Å². The first-order chi connectivity index (χ1) is 6.77. The van der Waals surface area contributed by atoms with E-state index in [1.165, 1.54) is 18.1 Å². The maximum absolute atomic E-state index is 10.7. The van der Waals surface area contributed by atoms with Crippen LogP contribution in [-0.4, -0.2) is 5.91 Å². The number of fused-ring (bicyclic) bond motifs is 1. The van der Waals surface area contributed by atoms with E-state index >= 15 is 0 Å². The van der Waals surface area contributed by atoms with E-state index in [-0.39, 0.29) is 11.9 Å². The predicted molar refractivity (Wildman–Crippen MR) is 54.5 cm³/mol. The van der Waals surface area contributed by atoms with Gasteiger partial charge in [-0.25, -0.2) is 5.43 Å². The molecule has 0 fully saturated rings. The topological polar surface area (TPSA) is 41.1 Å². The first-order valence-corrected chi connectivity index (χ1v) is 4.87. The zero-order valence-electron chi connectivity index (χ0n) is 8.21. The molecule has 1 atom stereocenters. The summed E-state index contributed by atoms with van der Waals surface area (Å²) in [6.07, 6.45) is 2.15. The molecule has 0 bridgehead atoms. The van der Waals surface area contributed by atoms with Crippen LogP contribution >= 0.6 is 0 Å². The van der Waals surface area contributed by atoms with Crippen molar-refractivity contribution in [1.82, 2.24) is 10.9 Å². The van der Waals surface area contributed by atoms with Gasteiger partial charge in [0.2, 0.25) is 5.91 Å². The third-order valence-corrected chi connectivity index (χ3v) is 2.56. The molecule has 74 valence electrons. The number of aryl methyl sites for hydroxylation is 1. The van der Waals surface area contributed by atoms with Crippen molar-refractivity contribution < 1.29 is 4.79 Å². The predicted octanol–water partition coefficient (Wildman–Crippen LogP) is 1.31. The summed E-state index contributed by atoms with van der Waals surface area (Å²) >= 11 is 0. The SMILES string of the molecule is CC(=O)NN[C@@H]1CCc2ccccc21. The summed E-state index contributed by atoms with van der Waals surface area (Å²) in [5.74, 6) is -0.0469. The minimum absolute atomic E-state index is 0.0469. The summed E-state index contributed by atoms with van der Waals surface area (Å²) in [6, 6.07) is 8.62. The molecular weight excluding hydrogens is 176 g/mol. The van der Waals surface area contributed by atoms with Crippen molar-refractivity contribution in [2.24, 2.45) is 0 Å². The van der Waals surface area contributed by atoms with E-state index in [1.54, 1.807) is 0 Å². The molecule has 0 aromatic heterocycles. The standard InChI is InChI=1S/C11H14N2O/c1-8(14)12-13-11-7-6-9-4-2-3-5-10(9)11/h2-5,11,13H,6-7H2,1H3,(H,12,14)/t11-/m1/s1. The second-order valence-electron chi connectivity index (χ2n) is 3.62. The van der Waals surface area contributed by atoms with Crippen LogP contribution in [0.3, 0.4) is 0 Å². The highest BCUT2D eigenvalue weighted by atomic mass is 16.2. The Hall–Kier alpha value is -1.35. The minimum Gasteiger partial charge on any atom is -0.291 e. The number of carbonyl (C=O) groups is 1. The van der Waals surface area contributed by atoms with Crippen LogP contribution in [0, 0.1) is 0 Å². The highest BCUT2D eigenvalue weighted by molar-refractivity contribution is 5.72. The highest BCUT2D eigenvalue weighted by Crippen LogP contribution is 2.29. The first-order valence-electron chi connectivity index (χ1n) is 4.87. The molecule has 0 saturated carbocycles. The molecule has 1 aromatic rings. The van der Waals surface area contributed by atoms with Crippen LogP contribution in [0.4, 0.5) is 0 Å². The number of nitrogens with one attached hydrogen (secondary N) is 2. The fraction of sp³-hybridized carbons (Fsp3) is 0.364. The van der Waals surface area contributed by atoms with Gasteiger partial charge < -0.3 is 0 Å². The quantitative estimate of drug-likeness (QED) is 0.690. The number of carbonyl (C=O) groups excluding carboxylic acids is 1. The van der Waals surface area contributed by atoms with E-state index < -0.39 is 0 Å². The average Bonchev–Trinajstić information content (AvgIpc) is 2.58. The van der Waals surface area contributed by atoms with Gasteiger partial charge in [0.25, 0.3) is 0 Å². The van der Waals surface area contributed by atoms with Crippen molar-refractivity contribution in [2.75, 3.05) is 0 Å². The molecular formula is C11H14N2O. The summed E-state index contributed by atoms with van der Waals surface area (Å²) in [7, 11) is 0. The summed E-state index contributed by atoms with van der Waals surface area (Å²) < 4.78 is 0. The Bertz CT molecular complexity index is 349. The van der Waals surface area contributed by atoms with Crippen molar-refractivity contribution in [1.29, 1.82) is 0 Å². The maximum Gasteiger partial charge on any atom is 0.230 e. The van der Waals surface area contributed by atoms with E-state index in [4.69, 9.17) is 0 Å². The van der Waals surface area contributed by atoms with Gasteiger partial charge in [-0.15, -0.1) is 0 Å². The molecule has 0 radical (unpaired) electrons. The summed E-state index contributed by atoms with van der Waals surface area (Å²) in [6.45, 7) is 1.51. The maximum atomic E-state index is 10.7. The summed E-state index contributed by atoms with van der Waals surface area (Å²) in [5.41, 5.74) is 8.37. The number of rotatable bonds is 2. The molecule has 0 unspecified atom stereocenters. The molecule has 2 N–H and O–H groups in total. The van der Waals surface area contributed by atoms with E-state index in [0.717, 1.165) is 12.8 Å². The fourth-order valence-electron chi connectivity index (χ4n) is 1.90. The summed E-state index contributed by atoms with van der Waals surface area (Å²) in [5, 5.41) is 0. The molecule has 1 aliphatic rings. The van der Waals surface area contributed by atoms with Crippen molar-refractivity contribution in [3.8, 4) is 0 Å². The van der Waals surface area contributed by atoms with Crippen LogP contribution in [0.2, 0.25) is 0 Å². The Morgan fingerprint density at radius 3 is 3.00 bits per heavy atom. The van der Waals surface area contributed by atoms with Crippen LogP contribution in [0.15, 0.2) is 24.3 Å². The normalized spacial score (nSPS) is 19.1. The van der Waals surface area contributed by atoms with Gasteiger partial charge in [0.15, 0.2) is 0 Å². The van der Waals surface area contributed by atoms with Crippen LogP contribution in [0.25, 0.3) is 0 Å². The summed E-state index contributed by atoms with van der Waals surface area (Å²) in [4.78, 5) is 10.7. The van der Waals surface area contributed by atoms with E-state index in [9.17, 15) is 4.79 Å². The molecule has 1 aliphatic carbocycles. The highest BCUT2D eigenvalue weighted by Gasteiger charge is 2.21. The Kier molecular flexibility index (Phi) is 2.50. The lowest BCUT2D eigenvalue weighted by atomic mass is 10.1. The van der Waals surface area contributed by atoms with Gasteiger partial charge in [-0.2, -0.15) is 0 Å². The van der Waals surface area contributed by atoms with Crippen LogP contribution in [-0.2, 0) is 11.2 Å². The minimum atomic E-state index is -0.0469. The van der Waals surface area contributed by atoms with Crippen molar-refractivity contribution in [3.05, 3.63) is 35.4 Å². The number of amides is 1. The van der Waals surface area contributed by atoms with Gasteiger partial charge in [0.1, 0.15) is 0 Å². The molecule has 0 spiro atoms. The molecule has 3 heteroatoms. The Morgan fingerprint density at radius 1 is 1.43 bits per heavy atom. The zero-order valence-corrected chi connectivity index (χ0v) is 8.21. The van der Waals surface area contributed by atoms with E-state index in [1.807, 2.05) is 6.07 Å². The zero-order chi connectivity index (χ0) is 9.97. The van der Waals surface area contributed by atoms with E-state index in [0.29, 0.717) is 0 Å². The Labute approximate surface area is 83.5 Å².